The Morgan fingerprint density at radius 2 is 2.20 bits per heavy atom. The summed E-state index contributed by atoms with van der Waals surface area (Å²) in [5.41, 5.74) is 2.75. The van der Waals surface area contributed by atoms with Crippen LogP contribution in [0.1, 0.15) is 12.5 Å². The lowest BCUT2D eigenvalue weighted by Crippen LogP contribution is -2.12. The van der Waals surface area contributed by atoms with E-state index < -0.39 is 0 Å². The topological polar surface area (TPSA) is 61.7 Å². The van der Waals surface area contributed by atoms with Crippen LogP contribution < -0.4 is 5.43 Å². The van der Waals surface area contributed by atoms with E-state index >= 15 is 0 Å². The second-order valence-corrected chi connectivity index (χ2v) is 4.52. The highest BCUT2D eigenvalue weighted by atomic mass is 79.9. The molecule has 0 unspecified atom stereocenters. The molecule has 1 aromatic rings. The number of hydrazone groups is 1. The number of hydrogen-bond acceptors (Lipinski definition) is 3. The normalized spacial score (nSPS) is 10.6. The molecule has 2 N–H and O–H groups in total. The number of phenols is 1. The number of nitrogens with one attached hydrogen (secondary N) is 1. The third kappa shape index (κ3) is 3.64. The summed E-state index contributed by atoms with van der Waals surface area (Å²) >= 11 is 6.47. The number of carbonyl (C=O) groups is 1. The van der Waals surface area contributed by atoms with Crippen LogP contribution in [0.5, 0.6) is 5.75 Å². The number of rotatable bonds is 2. The fraction of sp³-hybridized carbons (Fsp3) is 0.111. The second kappa shape index (κ2) is 5.27. The Bertz CT molecular complexity index is 419. The zero-order valence-electron chi connectivity index (χ0n) is 7.79. The summed E-state index contributed by atoms with van der Waals surface area (Å²) in [6.45, 7) is 1.36. The zero-order valence-corrected chi connectivity index (χ0v) is 11.0. The smallest absolute Gasteiger partial charge is 0.236 e. The molecule has 0 aliphatic heterocycles. The summed E-state index contributed by atoms with van der Waals surface area (Å²) in [6, 6.07) is 3.40. The highest BCUT2D eigenvalue weighted by molar-refractivity contribution is 9.11. The quantitative estimate of drug-likeness (QED) is 0.644. The van der Waals surface area contributed by atoms with Gasteiger partial charge in [-0.05, 0) is 28.1 Å². The molecule has 4 nitrogen and oxygen atoms in total. The average molecular weight is 336 g/mol. The van der Waals surface area contributed by atoms with E-state index in [-0.39, 0.29) is 11.7 Å². The Morgan fingerprint density at radius 3 is 2.80 bits per heavy atom. The Labute approximate surface area is 104 Å². The molecular weight excluding hydrogens is 328 g/mol. The highest BCUT2D eigenvalue weighted by Gasteiger charge is 2.04. The van der Waals surface area contributed by atoms with Gasteiger partial charge in [-0.15, -0.1) is 0 Å². The first-order valence-corrected chi connectivity index (χ1v) is 5.57. The van der Waals surface area contributed by atoms with Gasteiger partial charge in [0.25, 0.3) is 0 Å². The van der Waals surface area contributed by atoms with Crippen molar-refractivity contribution >= 4 is 44.0 Å². The fourth-order valence-electron chi connectivity index (χ4n) is 0.877. The molecule has 0 aromatic heterocycles. The van der Waals surface area contributed by atoms with Gasteiger partial charge in [0.1, 0.15) is 5.75 Å². The molecule has 0 fully saturated rings. The molecule has 0 heterocycles. The fourth-order valence-corrected chi connectivity index (χ4v) is 2.14. The number of nitrogens with zero attached hydrogens (tertiary/aromatic N) is 1. The van der Waals surface area contributed by atoms with E-state index in [2.05, 4.69) is 42.4 Å². The van der Waals surface area contributed by atoms with Crippen LogP contribution in [0.4, 0.5) is 0 Å². The lowest BCUT2D eigenvalue weighted by atomic mass is 10.2. The first kappa shape index (κ1) is 12.2. The number of aromatic hydroxyl groups is 1. The van der Waals surface area contributed by atoms with Crippen molar-refractivity contribution in [3.05, 3.63) is 26.6 Å². The SMILES string of the molecule is CC(=O)N/N=C/c1cc(Br)cc(Br)c1O. The summed E-state index contributed by atoms with van der Waals surface area (Å²) in [5, 5.41) is 13.3. The van der Waals surface area contributed by atoms with Crippen LogP contribution >= 0.6 is 31.9 Å². The van der Waals surface area contributed by atoms with Gasteiger partial charge in [-0.25, -0.2) is 5.43 Å². The molecule has 0 atom stereocenters. The number of carbonyl (C=O) groups excluding carboxylic acids is 1. The van der Waals surface area contributed by atoms with E-state index in [1.807, 2.05) is 0 Å². The molecule has 1 aromatic carbocycles. The summed E-state index contributed by atoms with van der Waals surface area (Å²) in [4.78, 5) is 10.5. The van der Waals surface area contributed by atoms with Crippen molar-refractivity contribution in [1.29, 1.82) is 0 Å². The predicted molar refractivity (Wildman–Crippen MR) is 64.9 cm³/mol. The molecule has 1 rings (SSSR count). The van der Waals surface area contributed by atoms with E-state index in [0.717, 1.165) is 4.47 Å². The van der Waals surface area contributed by atoms with E-state index in [1.165, 1.54) is 13.1 Å². The van der Waals surface area contributed by atoms with Crippen molar-refractivity contribution in [2.24, 2.45) is 5.10 Å². The van der Waals surface area contributed by atoms with Crippen molar-refractivity contribution < 1.29 is 9.90 Å². The van der Waals surface area contributed by atoms with Gasteiger partial charge in [-0.1, -0.05) is 15.9 Å². The van der Waals surface area contributed by atoms with Crippen molar-refractivity contribution in [3.8, 4) is 5.75 Å². The van der Waals surface area contributed by atoms with Crippen molar-refractivity contribution in [3.63, 3.8) is 0 Å². The van der Waals surface area contributed by atoms with Gasteiger partial charge >= 0.3 is 0 Å². The van der Waals surface area contributed by atoms with Gasteiger partial charge in [0, 0.05) is 17.0 Å². The highest BCUT2D eigenvalue weighted by Crippen LogP contribution is 2.30. The van der Waals surface area contributed by atoms with Gasteiger partial charge in [-0.2, -0.15) is 5.10 Å². The van der Waals surface area contributed by atoms with Crippen LogP contribution in [0.2, 0.25) is 0 Å². The summed E-state index contributed by atoms with van der Waals surface area (Å²) < 4.78 is 1.36. The Kier molecular flexibility index (Phi) is 4.28. The third-order valence-corrected chi connectivity index (χ3v) is 2.55. The van der Waals surface area contributed by atoms with Gasteiger partial charge in [0.05, 0.1) is 10.7 Å². The summed E-state index contributed by atoms with van der Waals surface area (Å²) in [6.07, 6.45) is 1.37. The predicted octanol–water partition coefficient (Wildman–Crippen LogP) is 2.39. The van der Waals surface area contributed by atoms with E-state index in [0.29, 0.717) is 10.0 Å². The maximum Gasteiger partial charge on any atom is 0.236 e. The second-order valence-electron chi connectivity index (χ2n) is 2.75. The number of halogens is 2. The van der Waals surface area contributed by atoms with Gasteiger partial charge in [-0.3, -0.25) is 4.79 Å². The molecule has 15 heavy (non-hydrogen) atoms. The van der Waals surface area contributed by atoms with Crippen LogP contribution in [-0.4, -0.2) is 17.2 Å². The maximum atomic E-state index is 10.5. The molecule has 1 amide bonds. The number of amides is 1. The number of hydrogen-bond donors (Lipinski definition) is 2. The first-order chi connectivity index (χ1) is 7.00. The Morgan fingerprint density at radius 1 is 1.53 bits per heavy atom. The minimum absolute atomic E-state index is 0.0762. The average Bonchev–Trinajstić information content (AvgIpc) is 2.12. The van der Waals surface area contributed by atoms with Crippen LogP contribution in [0.3, 0.4) is 0 Å². The molecule has 6 heteroatoms. The lowest BCUT2D eigenvalue weighted by molar-refractivity contribution is -0.118. The number of benzene rings is 1. The molecule has 0 saturated carbocycles. The number of phenolic OH excluding ortho intramolecular Hbond substituents is 1. The molecule has 0 spiro atoms. The molecule has 80 valence electrons. The minimum Gasteiger partial charge on any atom is -0.506 e. The monoisotopic (exact) mass is 334 g/mol. The van der Waals surface area contributed by atoms with Crippen LogP contribution in [0, 0.1) is 0 Å². The summed E-state index contributed by atoms with van der Waals surface area (Å²) in [5.74, 6) is -0.188. The van der Waals surface area contributed by atoms with Gasteiger partial charge in [0.2, 0.25) is 5.91 Å². The molecule has 0 aliphatic rings. The van der Waals surface area contributed by atoms with Crippen molar-refractivity contribution in [2.45, 2.75) is 6.92 Å². The largest absolute Gasteiger partial charge is 0.506 e. The van der Waals surface area contributed by atoms with Crippen LogP contribution in [-0.2, 0) is 4.79 Å². The Balaban J connectivity index is 2.94. The molecular formula is C9H8Br2N2O2. The molecule has 0 bridgehead atoms. The third-order valence-electron chi connectivity index (χ3n) is 1.48. The standard InChI is InChI=1S/C9H8Br2N2O2/c1-5(14)13-12-4-6-2-7(10)3-8(11)9(6)15/h2-4,15H,1H3,(H,13,14)/b12-4+. The maximum absolute atomic E-state index is 10.5. The van der Waals surface area contributed by atoms with Gasteiger partial charge < -0.3 is 5.11 Å². The van der Waals surface area contributed by atoms with Crippen molar-refractivity contribution in [1.82, 2.24) is 5.43 Å². The van der Waals surface area contributed by atoms with Crippen LogP contribution in [0.15, 0.2) is 26.2 Å². The molecule has 0 saturated heterocycles. The van der Waals surface area contributed by atoms with Crippen molar-refractivity contribution in [2.75, 3.05) is 0 Å². The van der Waals surface area contributed by atoms with E-state index in [9.17, 15) is 9.90 Å². The van der Waals surface area contributed by atoms with Crippen LogP contribution in [0.25, 0.3) is 0 Å². The zero-order chi connectivity index (χ0) is 11.4. The Hall–Kier alpha value is -0.880. The molecule has 0 radical (unpaired) electrons. The minimum atomic E-state index is -0.264. The molecule has 0 aliphatic carbocycles. The lowest BCUT2D eigenvalue weighted by Gasteiger charge is -2.02. The first-order valence-electron chi connectivity index (χ1n) is 3.98. The van der Waals surface area contributed by atoms with Gasteiger partial charge in [0.15, 0.2) is 0 Å². The van der Waals surface area contributed by atoms with E-state index in [4.69, 9.17) is 0 Å². The van der Waals surface area contributed by atoms with E-state index in [1.54, 1.807) is 12.1 Å². The summed E-state index contributed by atoms with van der Waals surface area (Å²) in [7, 11) is 0.